The Hall–Kier alpha value is -2.22. The minimum Gasteiger partial charge on any atom is -0.492 e. The van der Waals surface area contributed by atoms with E-state index in [1.165, 1.54) is 6.08 Å². The summed E-state index contributed by atoms with van der Waals surface area (Å²) in [5.41, 5.74) is -5.45. The van der Waals surface area contributed by atoms with E-state index in [1.807, 2.05) is 49.4 Å². The first-order chi connectivity index (χ1) is 12.7. The van der Waals surface area contributed by atoms with Crippen LogP contribution in [0.25, 0.3) is 10.8 Å². The lowest BCUT2D eigenvalue weighted by atomic mass is 10.0. The van der Waals surface area contributed by atoms with Crippen LogP contribution in [0.4, 0.5) is 13.2 Å². The molecule has 0 aromatic heterocycles. The molecule has 27 heavy (non-hydrogen) atoms. The predicted octanol–water partition coefficient (Wildman–Crippen LogP) is 5.40. The molecule has 2 aromatic carbocycles. The van der Waals surface area contributed by atoms with Crippen molar-refractivity contribution in [3.63, 3.8) is 0 Å². The summed E-state index contributed by atoms with van der Waals surface area (Å²) >= 11 is 0. The van der Waals surface area contributed by atoms with Gasteiger partial charge in [0.2, 0.25) is 0 Å². The number of rotatable bonds is 9. The summed E-state index contributed by atoms with van der Waals surface area (Å²) in [6.45, 7) is 2.18. The van der Waals surface area contributed by atoms with Crippen molar-refractivity contribution in [3.05, 3.63) is 54.8 Å². The highest BCUT2D eigenvalue weighted by Crippen LogP contribution is 2.27. The Balaban J connectivity index is 2.07. The number of halogens is 3. The third kappa shape index (κ3) is 5.89. The zero-order chi connectivity index (χ0) is 19.9. The van der Waals surface area contributed by atoms with Crippen molar-refractivity contribution < 1.29 is 30.5 Å². The standard InChI is InChI=1S/C19H21F3O4S/c1-2-3-7-15(12-13-26-27(23,24)19(20,21)22)14-25-18-11-6-9-16-8-4-5-10-17(16)18/h4-6,8-13,15H,2-3,7,14H2,1H3. The van der Waals surface area contributed by atoms with Crippen LogP contribution in [0.1, 0.15) is 26.2 Å². The Morgan fingerprint density at radius 2 is 1.81 bits per heavy atom. The zero-order valence-electron chi connectivity index (χ0n) is 14.8. The van der Waals surface area contributed by atoms with Gasteiger partial charge in [0.05, 0.1) is 6.61 Å². The van der Waals surface area contributed by atoms with E-state index < -0.39 is 15.6 Å². The molecule has 0 fully saturated rings. The molecule has 0 spiro atoms. The number of benzene rings is 2. The van der Waals surface area contributed by atoms with Crippen LogP contribution in [0.15, 0.2) is 54.8 Å². The van der Waals surface area contributed by atoms with Crippen LogP contribution in [0.2, 0.25) is 0 Å². The topological polar surface area (TPSA) is 52.6 Å². The predicted molar refractivity (Wildman–Crippen MR) is 97.7 cm³/mol. The van der Waals surface area contributed by atoms with E-state index in [0.29, 0.717) is 18.4 Å². The number of hydrogen-bond donors (Lipinski definition) is 0. The molecular formula is C19H21F3O4S. The molecule has 0 bridgehead atoms. The number of alkyl halides is 3. The van der Waals surface area contributed by atoms with Gasteiger partial charge >= 0.3 is 15.6 Å². The maximum Gasteiger partial charge on any atom is 0.534 e. The van der Waals surface area contributed by atoms with Gasteiger partial charge in [-0.25, -0.2) is 0 Å². The van der Waals surface area contributed by atoms with Gasteiger partial charge in [-0.15, -0.1) is 0 Å². The van der Waals surface area contributed by atoms with Gasteiger partial charge in [0.1, 0.15) is 12.0 Å². The van der Waals surface area contributed by atoms with Crippen LogP contribution >= 0.6 is 0 Å². The summed E-state index contributed by atoms with van der Waals surface area (Å²) in [4.78, 5) is 0. The van der Waals surface area contributed by atoms with Crippen molar-refractivity contribution in [1.82, 2.24) is 0 Å². The molecule has 2 aromatic rings. The lowest BCUT2D eigenvalue weighted by Crippen LogP contribution is -2.23. The quantitative estimate of drug-likeness (QED) is 0.320. The molecular weight excluding hydrogens is 381 g/mol. The van der Waals surface area contributed by atoms with Crippen molar-refractivity contribution in [2.75, 3.05) is 6.61 Å². The van der Waals surface area contributed by atoms with Crippen molar-refractivity contribution in [2.45, 2.75) is 31.7 Å². The van der Waals surface area contributed by atoms with Crippen LogP contribution in [0, 0.1) is 5.92 Å². The highest BCUT2D eigenvalue weighted by Gasteiger charge is 2.47. The second-order valence-corrected chi connectivity index (χ2v) is 7.58. The number of ether oxygens (including phenoxy) is 1. The maximum absolute atomic E-state index is 12.3. The van der Waals surface area contributed by atoms with Gasteiger partial charge in [0.15, 0.2) is 0 Å². The molecule has 148 valence electrons. The second-order valence-electron chi connectivity index (χ2n) is 6.02. The summed E-state index contributed by atoms with van der Waals surface area (Å²) in [7, 11) is -5.64. The van der Waals surface area contributed by atoms with Crippen LogP contribution in [0.5, 0.6) is 5.75 Å². The van der Waals surface area contributed by atoms with Crippen molar-refractivity contribution in [2.24, 2.45) is 5.92 Å². The first-order valence-electron chi connectivity index (χ1n) is 8.51. The van der Waals surface area contributed by atoms with Crippen LogP contribution in [0.3, 0.4) is 0 Å². The summed E-state index contributed by atoms with van der Waals surface area (Å²) in [5.74, 6) is 0.374. The smallest absolute Gasteiger partial charge is 0.492 e. The molecule has 0 aliphatic carbocycles. The van der Waals surface area contributed by atoms with Crippen molar-refractivity contribution in [1.29, 1.82) is 0 Å². The van der Waals surface area contributed by atoms with Crippen LogP contribution in [-0.4, -0.2) is 20.5 Å². The zero-order valence-corrected chi connectivity index (χ0v) is 15.6. The summed E-state index contributed by atoms with van der Waals surface area (Å²) < 4.78 is 68.6. The van der Waals surface area contributed by atoms with E-state index in [-0.39, 0.29) is 12.5 Å². The molecule has 4 nitrogen and oxygen atoms in total. The fourth-order valence-electron chi connectivity index (χ4n) is 2.49. The largest absolute Gasteiger partial charge is 0.534 e. The Labute approximate surface area is 156 Å². The van der Waals surface area contributed by atoms with Gasteiger partial charge < -0.3 is 8.92 Å². The Kier molecular flexibility index (Phi) is 7.12. The Bertz CT molecular complexity index is 871. The van der Waals surface area contributed by atoms with E-state index in [9.17, 15) is 21.6 Å². The first-order valence-corrected chi connectivity index (χ1v) is 9.92. The molecule has 0 heterocycles. The molecule has 8 heteroatoms. The number of hydrogen-bond acceptors (Lipinski definition) is 4. The highest BCUT2D eigenvalue weighted by molar-refractivity contribution is 7.87. The van der Waals surface area contributed by atoms with E-state index in [0.717, 1.165) is 23.6 Å². The summed E-state index contributed by atoms with van der Waals surface area (Å²) in [6.07, 6.45) is 4.22. The fraction of sp³-hybridized carbons (Fsp3) is 0.368. The monoisotopic (exact) mass is 402 g/mol. The minimum atomic E-state index is -5.64. The normalized spacial score (nSPS) is 13.8. The molecule has 0 amide bonds. The Morgan fingerprint density at radius 3 is 2.52 bits per heavy atom. The van der Waals surface area contributed by atoms with Crippen molar-refractivity contribution >= 4 is 20.9 Å². The number of unbranched alkanes of at least 4 members (excludes halogenated alkanes) is 1. The Morgan fingerprint density at radius 1 is 1.11 bits per heavy atom. The van der Waals surface area contributed by atoms with E-state index >= 15 is 0 Å². The van der Waals surface area contributed by atoms with Gasteiger partial charge in [-0.2, -0.15) is 21.6 Å². The highest BCUT2D eigenvalue weighted by atomic mass is 32.2. The van der Waals surface area contributed by atoms with Crippen LogP contribution in [-0.2, 0) is 14.3 Å². The summed E-state index contributed by atoms with van der Waals surface area (Å²) in [5, 5.41) is 1.93. The number of fused-ring (bicyclic) bond motifs is 1. The molecule has 0 aliphatic rings. The third-order valence-electron chi connectivity index (χ3n) is 3.95. The van der Waals surface area contributed by atoms with Gasteiger partial charge in [0.25, 0.3) is 0 Å². The van der Waals surface area contributed by atoms with E-state index in [1.54, 1.807) is 0 Å². The molecule has 1 atom stereocenters. The van der Waals surface area contributed by atoms with Gasteiger partial charge in [-0.3, -0.25) is 0 Å². The van der Waals surface area contributed by atoms with Gasteiger partial charge in [0, 0.05) is 11.3 Å². The molecule has 0 radical (unpaired) electrons. The SMILES string of the molecule is CCCCC(C=COS(=O)(=O)C(F)(F)F)COc1cccc2ccccc12. The van der Waals surface area contributed by atoms with Gasteiger partial charge in [-0.1, -0.05) is 56.2 Å². The van der Waals surface area contributed by atoms with E-state index in [2.05, 4.69) is 4.18 Å². The molecule has 0 saturated heterocycles. The second kappa shape index (κ2) is 9.12. The molecule has 2 rings (SSSR count). The summed E-state index contributed by atoms with van der Waals surface area (Å²) in [6, 6.07) is 13.3. The molecule has 0 saturated carbocycles. The van der Waals surface area contributed by atoms with Gasteiger partial charge in [-0.05, 0) is 23.9 Å². The minimum absolute atomic E-state index is 0.194. The van der Waals surface area contributed by atoms with Crippen LogP contribution < -0.4 is 4.74 Å². The average molecular weight is 402 g/mol. The van der Waals surface area contributed by atoms with E-state index in [4.69, 9.17) is 4.74 Å². The van der Waals surface area contributed by atoms with Crippen molar-refractivity contribution in [3.8, 4) is 5.75 Å². The molecule has 0 N–H and O–H groups in total. The molecule has 1 unspecified atom stereocenters. The first kappa shape index (κ1) is 21.1. The maximum atomic E-state index is 12.3. The molecule has 0 aliphatic heterocycles. The lowest BCUT2D eigenvalue weighted by molar-refractivity contribution is -0.0515. The average Bonchev–Trinajstić information content (AvgIpc) is 2.62. The third-order valence-corrected chi connectivity index (χ3v) is 4.88. The lowest BCUT2D eigenvalue weighted by Gasteiger charge is -2.15. The fourth-order valence-corrected chi connectivity index (χ4v) is 2.81.